The van der Waals surface area contributed by atoms with Gasteiger partial charge in [0.15, 0.2) is 4.80 Å². The zero-order chi connectivity index (χ0) is 29.3. The number of carbonyl (C=O) groups excluding carboxylic acids is 1. The van der Waals surface area contributed by atoms with Gasteiger partial charge in [-0.2, -0.15) is 0 Å². The van der Waals surface area contributed by atoms with Gasteiger partial charge in [0, 0.05) is 10.0 Å². The molecule has 0 amide bonds. The first-order chi connectivity index (χ1) is 19.7. The van der Waals surface area contributed by atoms with Crippen LogP contribution in [-0.2, 0) is 16.1 Å². The molecule has 1 aliphatic heterocycles. The van der Waals surface area contributed by atoms with E-state index in [4.69, 9.17) is 9.47 Å². The fourth-order valence-corrected chi connectivity index (χ4v) is 7.21. The lowest BCUT2D eigenvalue weighted by atomic mass is 9.96. The molecule has 0 radical (unpaired) electrons. The topological polar surface area (TPSA) is 69.9 Å². The molecular weight excluding hydrogens is 729 g/mol. The molecule has 0 saturated heterocycles. The standard InChI is InChI=1S/C30H22BrF2IN2O4S/c1-3-39-29(38)25-16(2)35-30-36(26(25)18-6-10-22(33)11-7-18)28(37)24(41-30)13-19-12-20(31)14-23(34)27(19)40-15-17-4-8-21(32)9-5-17/h4-14,26H,3,15H2,1-2H3/b24-13-/t26-/m1/s1. The number of nitrogens with zero attached hydrogens (tertiary/aromatic N) is 2. The maximum Gasteiger partial charge on any atom is 0.338 e. The van der Waals surface area contributed by atoms with Gasteiger partial charge in [0.1, 0.15) is 24.0 Å². The number of carbonyl (C=O) groups is 1. The highest BCUT2D eigenvalue weighted by atomic mass is 127. The summed E-state index contributed by atoms with van der Waals surface area (Å²) in [6.45, 7) is 3.74. The van der Waals surface area contributed by atoms with Crippen molar-refractivity contribution in [3.63, 3.8) is 0 Å². The second-order valence-electron chi connectivity index (χ2n) is 9.07. The Morgan fingerprint density at radius 1 is 1.12 bits per heavy atom. The van der Waals surface area contributed by atoms with E-state index in [1.807, 2.05) is 12.1 Å². The monoisotopic (exact) mass is 750 g/mol. The average Bonchev–Trinajstić information content (AvgIpc) is 3.23. The predicted octanol–water partition coefficient (Wildman–Crippen LogP) is 6.02. The molecule has 210 valence electrons. The first-order valence-corrected chi connectivity index (χ1v) is 15.2. The van der Waals surface area contributed by atoms with Crippen LogP contribution in [0.15, 0.2) is 86.2 Å². The molecule has 0 fully saturated rings. The Bertz CT molecular complexity index is 1850. The number of hydrogen-bond donors (Lipinski definition) is 0. The quantitative estimate of drug-likeness (QED) is 0.171. The minimum absolute atomic E-state index is 0.151. The van der Waals surface area contributed by atoms with E-state index < -0.39 is 17.8 Å². The molecular formula is C30H22BrF2IN2O4S. The molecule has 3 aromatic carbocycles. The maximum absolute atomic E-state index is 13.9. The summed E-state index contributed by atoms with van der Waals surface area (Å²) >= 11 is 6.86. The number of aromatic nitrogens is 1. The van der Waals surface area contributed by atoms with E-state index in [9.17, 15) is 18.4 Å². The number of halogens is 4. The Morgan fingerprint density at radius 2 is 1.78 bits per heavy atom. The second-order valence-corrected chi connectivity index (χ2v) is 12.2. The maximum atomic E-state index is 13.9. The van der Waals surface area contributed by atoms with Crippen LogP contribution in [0, 0.1) is 15.2 Å². The van der Waals surface area contributed by atoms with Gasteiger partial charge in [-0.05, 0) is 90.0 Å². The van der Waals surface area contributed by atoms with Crippen LogP contribution in [0.4, 0.5) is 8.78 Å². The lowest BCUT2D eigenvalue weighted by molar-refractivity contribution is -0.139. The summed E-state index contributed by atoms with van der Waals surface area (Å²) in [4.78, 5) is 31.9. The molecule has 0 spiro atoms. The van der Waals surface area contributed by atoms with Crippen molar-refractivity contribution in [1.29, 1.82) is 0 Å². The van der Waals surface area contributed by atoms with Gasteiger partial charge in [-0.15, -0.1) is 0 Å². The van der Waals surface area contributed by atoms with Crippen LogP contribution < -0.4 is 19.6 Å². The molecule has 0 unspecified atom stereocenters. The number of hydrogen-bond acceptors (Lipinski definition) is 6. The summed E-state index contributed by atoms with van der Waals surface area (Å²) in [6, 6.07) is 14.6. The van der Waals surface area contributed by atoms with Crippen LogP contribution in [0.2, 0.25) is 0 Å². The van der Waals surface area contributed by atoms with Gasteiger partial charge in [-0.1, -0.05) is 51.5 Å². The number of rotatable bonds is 7. The molecule has 5 rings (SSSR count). The van der Waals surface area contributed by atoms with Crippen LogP contribution in [0.25, 0.3) is 6.08 Å². The van der Waals surface area contributed by atoms with Crippen molar-refractivity contribution >= 4 is 61.9 Å². The molecule has 1 atom stereocenters. The molecule has 4 aromatic rings. The molecule has 2 heterocycles. The molecule has 0 saturated carbocycles. The third-order valence-electron chi connectivity index (χ3n) is 6.32. The molecule has 0 N–H and O–H groups in total. The minimum atomic E-state index is -0.843. The highest BCUT2D eigenvalue weighted by molar-refractivity contribution is 14.1. The molecule has 0 aliphatic carbocycles. The third-order valence-corrected chi connectivity index (χ3v) is 8.56. The van der Waals surface area contributed by atoms with E-state index in [1.165, 1.54) is 40.2 Å². The fourth-order valence-electron chi connectivity index (χ4n) is 4.47. The lowest BCUT2D eigenvalue weighted by Gasteiger charge is -2.24. The average molecular weight is 751 g/mol. The Hall–Kier alpha value is -3.16. The van der Waals surface area contributed by atoms with Crippen LogP contribution in [0.1, 0.15) is 36.6 Å². The van der Waals surface area contributed by atoms with Crippen LogP contribution in [0.5, 0.6) is 5.75 Å². The van der Waals surface area contributed by atoms with Crippen LogP contribution >= 0.6 is 49.9 Å². The largest absolute Gasteiger partial charge is 0.487 e. The molecule has 0 bridgehead atoms. The van der Waals surface area contributed by atoms with Gasteiger partial charge in [0.2, 0.25) is 0 Å². The molecule has 11 heteroatoms. The van der Waals surface area contributed by atoms with E-state index in [-0.39, 0.29) is 30.2 Å². The zero-order valence-electron chi connectivity index (χ0n) is 21.8. The summed E-state index contributed by atoms with van der Waals surface area (Å²) in [7, 11) is 0. The minimum Gasteiger partial charge on any atom is -0.487 e. The SMILES string of the molecule is CCOC(=O)C1=C(C)N=c2s/c(=C\c3cc(Br)cc(I)c3OCc3ccc(F)cc3)c(=O)n2[C@@H]1c1ccc(F)cc1. The van der Waals surface area contributed by atoms with E-state index in [1.54, 1.807) is 44.2 Å². The van der Waals surface area contributed by atoms with Crippen molar-refractivity contribution < 1.29 is 23.0 Å². The molecule has 1 aromatic heterocycles. The molecule has 1 aliphatic rings. The molecule has 6 nitrogen and oxygen atoms in total. The Balaban J connectivity index is 1.64. The van der Waals surface area contributed by atoms with E-state index in [0.29, 0.717) is 31.9 Å². The summed E-state index contributed by atoms with van der Waals surface area (Å²) < 4.78 is 42.0. The van der Waals surface area contributed by atoms with Gasteiger partial charge < -0.3 is 9.47 Å². The number of ether oxygens (including phenoxy) is 2. The fraction of sp³-hybridized carbons (Fsp3) is 0.167. The Morgan fingerprint density at radius 3 is 2.44 bits per heavy atom. The highest BCUT2D eigenvalue weighted by Gasteiger charge is 2.33. The number of fused-ring (bicyclic) bond motifs is 1. The van der Waals surface area contributed by atoms with Crippen molar-refractivity contribution in [3.05, 3.63) is 128 Å². The van der Waals surface area contributed by atoms with Gasteiger partial charge in [-0.3, -0.25) is 9.36 Å². The number of benzene rings is 3. The summed E-state index contributed by atoms with van der Waals surface area (Å²) in [5.41, 5.74) is 2.27. The zero-order valence-corrected chi connectivity index (χ0v) is 26.3. The Labute approximate surface area is 259 Å². The lowest BCUT2D eigenvalue weighted by Crippen LogP contribution is -2.39. The van der Waals surface area contributed by atoms with Gasteiger partial charge in [-0.25, -0.2) is 18.6 Å². The third kappa shape index (κ3) is 6.21. The summed E-state index contributed by atoms with van der Waals surface area (Å²) in [6.07, 6.45) is 1.72. The summed E-state index contributed by atoms with van der Waals surface area (Å²) in [5, 5.41) is 0. The Kier molecular flexibility index (Phi) is 8.85. The van der Waals surface area contributed by atoms with E-state index in [2.05, 4.69) is 43.5 Å². The normalized spacial score (nSPS) is 15.0. The van der Waals surface area contributed by atoms with Crippen molar-refractivity contribution in [2.24, 2.45) is 4.99 Å². The van der Waals surface area contributed by atoms with Crippen LogP contribution in [0.3, 0.4) is 0 Å². The van der Waals surface area contributed by atoms with E-state index in [0.717, 1.165) is 13.6 Å². The van der Waals surface area contributed by atoms with Crippen molar-refractivity contribution in [3.8, 4) is 5.75 Å². The summed E-state index contributed by atoms with van der Waals surface area (Å²) in [5.74, 6) is -0.793. The second kappa shape index (κ2) is 12.4. The van der Waals surface area contributed by atoms with Crippen LogP contribution in [-0.4, -0.2) is 17.1 Å². The first-order valence-electron chi connectivity index (χ1n) is 12.5. The molecule has 41 heavy (non-hydrogen) atoms. The van der Waals surface area contributed by atoms with Crippen molar-refractivity contribution in [2.75, 3.05) is 6.61 Å². The van der Waals surface area contributed by atoms with Gasteiger partial charge in [0.25, 0.3) is 5.56 Å². The van der Waals surface area contributed by atoms with Crippen molar-refractivity contribution in [1.82, 2.24) is 4.57 Å². The smallest absolute Gasteiger partial charge is 0.338 e. The van der Waals surface area contributed by atoms with Crippen molar-refractivity contribution in [2.45, 2.75) is 26.5 Å². The number of thiazole rings is 1. The number of allylic oxidation sites excluding steroid dienone is 1. The predicted molar refractivity (Wildman–Crippen MR) is 164 cm³/mol. The number of esters is 1. The highest BCUT2D eigenvalue weighted by Crippen LogP contribution is 2.32. The van der Waals surface area contributed by atoms with E-state index >= 15 is 0 Å². The van der Waals surface area contributed by atoms with Gasteiger partial charge >= 0.3 is 5.97 Å². The first kappa shape index (κ1) is 29.3. The van der Waals surface area contributed by atoms with Gasteiger partial charge in [0.05, 0.1) is 32.0 Å².